The first-order valence-corrected chi connectivity index (χ1v) is 6.86. The first kappa shape index (κ1) is 15.5. The molecular formula is C17H15ClFNO. The second-order valence-corrected chi connectivity index (χ2v) is 4.87. The first-order valence-electron chi connectivity index (χ1n) is 6.48. The molecule has 0 bridgehead atoms. The molecule has 0 saturated heterocycles. The van der Waals surface area contributed by atoms with Gasteiger partial charge >= 0.3 is 0 Å². The van der Waals surface area contributed by atoms with Crippen molar-refractivity contribution in [2.24, 2.45) is 5.73 Å². The molecule has 0 unspecified atom stereocenters. The largest absolute Gasteiger partial charge is 0.372 e. The third-order valence-electron chi connectivity index (χ3n) is 2.80. The number of halogens is 2. The zero-order valence-electron chi connectivity index (χ0n) is 11.4. The molecule has 2 N–H and O–H groups in total. The maximum absolute atomic E-state index is 13.9. The lowest BCUT2D eigenvalue weighted by Gasteiger charge is -2.06. The summed E-state index contributed by atoms with van der Waals surface area (Å²) in [5.41, 5.74) is 7.33. The van der Waals surface area contributed by atoms with Crippen LogP contribution in [-0.2, 0) is 18.0 Å². The average molecular weight is 304 g/mol. The highest BCUT2D eigenvalue weighted by molar-refractivity contribution is 6.30. The lowest BCUT2D eigenvalue weighted by atomic mass is 10.1. The van der Waals surface area contributed by atoms with Crippen LogP contribution >= 0.6 is 11.6 Å². The number of rotatable bonds is 4. The lowest BCUT2D eigenvalue weighted by Crippen LogP contribution is -1.98. The predicted octanol–water partition coefficient (Wildman–Crippen LogP) is 3.51. The Morgan fingerprint density at radius 2 is 2.00 bits per heavy atom. The fourth-order valence-electron chi connectivity index (χ4n) is 1.80. The molecule has 2 rings (SSSR count). The van der Waals surface area contributed by atoms with Gasteiger partial charge in [-0.15, -0.1) is 0 Å². The van der Waals surface area contributed by atoms with E-state index >= 15 is 0 Å². The summed E-state index contributed by atoms with van der Waals surface area (Å²) in [6.45, 7) is 0.837. The fourth-order valence-corrected chi connectivity index (χ4v) is 2.01. The Morgan fingerprint density at radius 1 is 1.14 bits per heavy atom. The number of benzene rings is 2. The predicted molar refractivity (Wildman–Crippen MR) is 82.3 cm³/mol. The van der Waals surface area contributed by atoms with E-state index < -0.39 is 0 Å². The van der Waals surface area contributed by atoms with Crippen LogP contribution in [-0.4, -0.2) is 6.54 Å². The Labute approximate surface area is 128 Å². The molecule has 108 valence electrons. The normalized spacial score (nSPS) is 10.0. The van der Waals surface area contributed by atoms with Crippen molar-refractivity contribution in [2.75, 3.05) is 6.54 Å². The van der Waals surface area contributed by atoms with E-state index in [2.05, 4.69) is 11.8 Å². The van der Waals surface area contributed by atoms with Crippen molar-refractivity contribution >= 4 is 11.6 Å². The van der Waals surface area contributed by atoms with Gasteiger partial charge in [0.25, 0.3) is 0 Å². The second-order valence-electron chi connectivity index (χ2n) is 4.43. The van der Waals surface area contributed by atoms with Crippen LogP contribution in [0.5, 0.6) is 0 Å². The Balaban J connectivity index is 1.94. The molecule has 0 saturated carbocycles. The molecule has 0 aliphatic carbocycles. The summed E-state index contributed by atoms with van der Waals surface area (Å²) < 4.78 is 19.4. The SMILES string of the molecule is NCC#Cc1ccc(COCc2cccc(Cl)c2)c(F)c1. The number of nitrogens with two attached hydrogens (primary N) is 1. The molecule has 2 aromatic rings. The molecule has 21 heavy (non-hydrogen) atoms. The third kappa shape index (κ3) is 4.87. The smallest absolute Gasteiger partial charge is 0.129 e. The summed E-state index contributed by atoms with van der Waals surface area (Å²) in [7, 11) is 0. The zero-order chi connectivity index (χ0) is 15.1. The maximum Gasteiger partial charge on any atom is 0.129 e. The monoisotopic (exact) mass is 303 g/mol. The van der Waals surface area contributed by atoms with Crippen LogP contribution in [0.1, 0.15) is 16.7 Å². The van der Waals surface area contributed by atoms with E-state index in [1.165, 1.54) is 6.07 Å². The van der Waals surface area contributed by atoms with Crippen LogP contribution in [0.2, 0.25) is 5.02 Å². The molecule has 0 fully saturated rings. The summed E-state index contributed by atoms with van der Waals surface area (Å²) in [5.74, 6) is 5.15. The Bertz CT molecular complexity index is 676. The lowest BCUT2D eigenvalue weighted by molar-refractivity contribution is 0.105. The highest BCUT2D eigenvalue weighted by Gasteiger charge is 2.03. The van der Waals surface area contributed by atoms with Crippen LogP contribution in [0, 0.1) is 17.7 Å². The molecule has 2 nitrogen and oxygen atoms in total. The fraction of sp³-hybridized carbons (Fsp3) is 0.176. The highest BCUT2D eigenvalue weighted by Crippen LogP contribution is 2.14. The van der Waals surface area contributed by atoms with Crippen LogP contribution in [0.25, 0.3) is 0 Å². The molecular weight excluding hydrogens is 289 g/mol. The Kier molecular flexibility index (Phi) is 5.77. The molecule has 0 aliphatic heterocycles. The molecule has 4 heteroatoms. The van der Waals surface area contributed by atoms with Gasteiger partial charge in [-0.25, -0.2) is 4.39 Å². The summed E-state index contributed by atoms with van der Waals surface area (Å²) >= 11 is 5.89. The average Bonchev–Trinajstić information content (AvgIpc) is 2.47. The minimum absolute atomic E-state index is 0.197. The van der Waals surface area contributed by atoms with Crippen molar-refractivity contribution in [1.82, 2.24) is 0 Å². The standard InChI is InChI=1S/C17H15ClFNO/c18-16-5-1-3-14(9-16)11-21-12-15-7-6-13(4-2-8-20)10-17(15)19/h1,3,5-7,9-10H,8,11-12,20H2. The molecule has 0 aromatic heterocycles. The van der Waals surface area contributed by atoms with Gasteiger partial charge in [-0.05, 0) is 29.8 Å². The number of ether oxygens (including phenoxy) is 1. The molecule has 0 amide bonds. The quantitative estimate of drug-likeness (QED) is 0.877. The Hall–Kier alpha value is -1.86. The molecule has 0 aliphatic rings. The van der Waals surface area contributed by atoms with Crippen LogP contribution in [0.4, 0.5) is 4.39 Å². The van der Waals surface area contributed by atoms with Gasteiger partial charge in [-0.2, -0.15) is 0 Å². The molecule has 0 atom stereocenters. The molecule has 0 heterocycles. The molecule has 2 aromatic carbocycles. The van der Waals surface area contributed by atoms with Gasteiger partial charge in [0.2, 0.25) is 0 Å². The topological polar surface area (TPSA) is 35.2 Å². The zero-order valence-corrected chi connectivity index (χ0v) is 12.2. The summed E-state index contributed by atoms with van der Waals surface area (Å²) in [5, 5.41) is 0.658. The number of hydrogen-bond donors (Lipinski definition) is 1. The second kappa shape index (κ2) is 7.80. The van der Waals surface area contributed by atoms with Crippen LogP contribution in [0.3, 0.4) is 0 Å². The summed E-state index contributed by atoms with van der Waals surface area (Å²) in [6, 6.07) is 12.2. The van der Waals surface area contributed by atoms with Crippen molar-refractivity contribution in [3.8, 4) is 11.8 Å². The van der Waals surface area contributed by atoms with E-state index in [-0.39, 0.29) is 19.0 Å². The van der Waals surface area contributed by atoms with Gasteiger partial charge in [-0.1, -0.05) is 41.6 Å². The van der Waals surface area contributed by atoms with Gasteiger partial charge in [0, 0.05) is 16.1 Å². The summed E-state index contributed by atoms with van der Waals surface area (Å²) in [6.07, 6.45) is 0. The number of hydrogen-bond acceptors (Lipinski definition) is 2. The van der Waals surface area contributed by atoms with Crippen molar-refractivity contribution in [3.63, 3.8) is 0 Å². The van der Waals surface area contributed by atoms with Gasteiger partial charge in [-0.3, -0.25) is 0 Å². The first-order chi connectivity index (χ1) is 10.2. The van der Waals surface area contributed by atoms with Crippen LogP contribution in [0.15, 0.2) is 42.5 Å². The van der Waals surface area contributed by atoms with E-state index in [0.29, 0.717) is 22.8 Å². The minimum Gasteiger partial charge on any atom is -0.372 e. The van der Waals surface area contributed by atoms with Crippen molar-refractivity contribution < 1.29 is 9.13 Å². The van der Waals surface area contributed by atoms with E-state index in [1.54, 1.807) is 18.2 Å². The van der Waals surface area contributed by atoms with Gasteiger partial charge < -0.3 is 10.5 Å². The van der Waals surface area contributed by atoms with Gasteiger partial charge in [0.1, 0.15) is 5.82 Å². The molecule has 0 radical (unpaired) electrons. The maximum atomic E-state index is 13.9. The Morgan fingerprint density at radius 3 is 2.71 bits per heavy atom. The van der Waals surface area contributed by atoms with E-state index in [4.69, 9.17) is 22.1 Å². The summed E-state index contributed by atoms with van der Waals surface area (Å²) in [4.78, 5) is 0. The van der Waals surface area contributed by atoms with Crippen molar-refractivity contribution in [2.45, 2.75) is 13.2 Å². The van der Waals surface area contributed by atoms with E-state index in [1.807, 2.05) is 18.2 Å². The molecule has 0 spiro atoms. The van der Waals surface area contributed by atoms with Gasteiger partial charge in [0.15, 0.2) is 0 Å². The third-order valence-corrected chi connectivity index (χ3v) is 3.04. The van der Waals surface area contributed by atoms with E-state index in [9.17, 15) is 4.39 Å². The van der Waals surface area contributed by atoms with Gasteiger partial charge in [0.05, 0.1) is 19.8 Å². The van der Waals surface area contributed by atoms with Crippen molar-refractivity contribution in [1.29, 1.82) is 0 Å². The highest BCUT2D eigenvalue weighted by atomic mass is 35.5. The van der Waals surface area contributed by atoms with Crippen molar-refractivity contribution in [3.05, 3.63) is 70.0 Å². The minimum atomic E-state index is -0.329. The van der Waals surface area contributed by atoms with Crippen LogP contribution < -0.4 is 5.73 Å². The van der Waals surface area contributed by atoms with E-state index in [0.717, 1.165) is 5.56 Å².